The SMILES string of the molecule is C[C@@H](OCc1cccc2ccccc12)C(=O)O. The first-order chi connectivity index (χ1) is 8.18. The van der Waals surface area contributed by atoms with Gasteiger partial charge in [0.05, 0.1) is 6.61 Å². The van der Waals surface area contributed by atoms with E-state index < -0.39 is 12.1 Å². The molecule has 0 aliphatic heterocycles. The Morgan fingerprint density at radius 1 is 1.24 bits per heavy atom. The maximum absolute atomic E-state index is 10.7. The van der Waals surface area contributed by atoms with Gasteiger partial charge in [-0.15, -0.1) is 0 Å². The Morgan fingerprint density at radius 2 is 1.94 bits per heavy atom. The van der Waals surface area contributed by atoms with E-state index in [9.17, 15) is 4.79 Å². The zero-order valence-corrected chi connectivity index (χ0v) is 9.59. The number of benzene rings is 2. The minimum Gasteiger partial charge on any atom is -0.479 e. The van der Waals surface area contributed by atoms with Crippen molar-refractivity contribution in [2.45, 2.75) is 19.6 Å². The van der Waals surface area contributed by atoms with Crippen molar-refractivity contribution in [1.29, 1.82) is 0 Å². The van der Waals surface area contributed by atoms with E-state index in [1.807, 2.05) is 42.5 Å². The Balaban J connectivity index is 2.21. The zero-order valence-electron chi connectivity index (χ0n) is 9.59. The highest BCUT2D eigenvalue weighted by Crippen LogP contribution is 2.19. The molecule has 88 valence electrons. The second-order valence-electron chi connectivity index (χ2n) is 3.93. The molecule has 0 aliphatic rings. The molecule has 2 aromatic carbocycles. The fourth-order valence-corrected chi connectivity index (χ4v) is 1.70. The molecule has 1 atom stereocenters. The first-order valence-corrected chi connectivity index (χ1v) is 5.49. The molecule has 2 rings (SSSR count). The molecular weight excluding hydrogens is 216 g/mol. The third kappa shape index (κ3) is 2.63. The van der Waals surface area contributed by atoms with Gasteiger partial charge in [0.15, 0.2) is 6.10 Å². The summed E-state index contributed by atoms with van der Waals surface area (Å²) in [6.07, 6.45) is -0.783. The van der Waals surface area contributed by atoms with Gasteiger partial charge >= 0.3 is 5.97 Å². The minimum absolute atomic E-state index is 0.314. The van der Waals surface area contributed by atoms with Gasteiger partial charge in [0.25, 0.3) is 0 Å². The van der Waals surface area contributed by atoms with Crippen LogP contribution in [0.2, 0.25) is 0 Å². The summed E-state index contributed by atoms with van der Waals surface area (Å²) in [6.45, 7) is 1.85. The van der Waals surface area contributed by atoms with Gasteiger partial charge in [-0.2, -0.15) is 0 Å². The highest BCUT2D eigenvalue weighted by molar-refractivity contribution is 5.85. The number of carbonyl (C=O) groups is 1. The van der Waals surface area contributed by atoms with E-state index in [-0.39, 0.29) is 0 Å². The Bertz CT molecular complexity index is 528. The van der Waals surface area contributed by atoms with Gasteiger partial charge in [-0.05, 0) is 23.3 Å². The lowest BCUT2D eigenvalue weighted by Gasteiger charge is -2.10. The summed E-state index contributed by atoms with van der Waals surface area (Å²) in [5, 5.41) is 11.0. The van der Waals surface area contributed by atoms with Crippen molar-refractivity contribution in [2.75, 3.05) is 0 Å². The van der Waals surface area contributed by atoms with Crippen LogP contribution in [0.4, 0.5) is 0 Å². The molecule has 1 N–H and O–H groups in total. The van der Waals surface area contributed by atoms with Gasteiger partial charge in [-0.3, -0.25) is 0 Å². The molecular formula is C14H14O3. The second-order valence-corrected chi connectivity index (χ2v) is 3.93. The molecule has 0 radical (unpaired) electrons. The lowest BCUT2D eigenvalue weighted by atomic mass is 10.1. The highest BCUT2D eigenvalue weighted by atomic mass is 16.5. The van der Waals surface area contributed by atoms with Crippen molar-refractivity contribution in [3.63, 3.8) is 0 Å². The molecule has 0 amide bonds. The topological polar surface area (TPSA) is 46.5 Å². The lowest BCUT2D eigenvalue weighted by Crippen LogP contribution is -2.19. The van der Waals surface area contributed by atoms with Crippen molar-refractivity contribution in [3.05, 3.63) is 48.0 Å². The van der Waals surface area contributed by atoms with E-state index in [4.69, 9.17) is 9.84 Å². The fourth-order valence-electron chi connectivity index (χ4n) is 1.70. The molecule has 0 heterocycles. The summed E-state index contributed by atoms with van der Waals surface area (Å²) in [5.41, 5.74) is 1.01. The molecule has 2 aromatic rings. The normalized spacial score (nSPS) is 12.5. The van der Waals surface area contributed by atoms with Gasteiger partial charge in [0, 0.05) is 0 Å². The van der Waals surface area contributed by atoms with Crippen molar-refractivity contribution >= 4 is 16.7 Å². The van der Waals surface area contributed by atoms with Crippen LogP contribution in [-0.2, 0) is 16.1 Å². The van der Waals surface area contributed by atoms with Crippen LogP contribution in [0.3, 0.4) is 0 Å². The third-order valence-electron chi connectivity index (χ3n) is 2.72. The van der Waals surface area contributed by atoms with Gasteiger partial charge < -0.3 is 9.84 Å². The number of carboxylic acids is 1. The number of carboxylic acid groups (broad SMARTS) is 1. The first-order valence-electron chi connectivity index (χ1n) is 5.49. The van der Waals surface area contributed by atoms with Gasteiger partial charge in [-0.1, -0.05) is 42.5 Å². The minimum atomic E-state index is -0.940. The number of hydrogen-bond acceptors (Lipinski definition) is 2. The Labute approximate surface area is 99.6 Å². The van der Waals surface area contributed by atoms with E-state index >= 15 is 0 Å². The quantitative estimate of drug-likeness (QED) is 0.878. The van der Waals surface area contributed by atoms with Crippen LogP contribution >= 0.6 is 0 Å². The smallest absolute Gasteiger partial charge is 0.332 e. The van der Waals surface area contributed by atoms with Crippen LogP contribution in [-0.4, -0.2) is 17.2 Å². The van der Waals surface area contributed by atoms with Crippen LogP contribution < -0.4 is 0 Å². The monoisotopic (exact) mass is 230 g/mol. The molecule has 0 bridgehead atoms. The maximum atomic E-state index is 10.7. The largest absolute Gasteiger partial charge is 0.479 e. The van der Waals surface area contributed by atoms with Gasteiger partial charge in [0.2, 0.25) is 0 Å². The van der Waals surface area contributed by atoms with Crippen LogP contribution in [0.25, 0.3) is 10.8 Å². The second kappa shape index (κ2) is 4.97. The number of fused-ring (bicyclic) bond motifs is 1. The van der Waals surface area contributed by atoms with Crippen molar-refractivity contribution in [2.24, 2.45) is 0 Å². The maximum Gasteiger partial charge on any atom is 0.332 e. The summed E-state index contributed by atoms with van der Waals surface area (Å²) < 4.78 is 5.30. The van der Waals surface area contributed by atoms with Crippen LogP contribution in [0.1, 0.15) is 12.5 Å². The average molecular weight is 230 g/mol. The molecule has 0 saturated heterocycles. The molecule has 0 fully saturated rings. The molecule has 0 aliphatic carbocycles. The Hall–Kier alpha value is -1.87. The van der Waals surface area contributed by atoms with Crippen LogP contribution in [0, 0.1) is 0 Å². The highest BCUT2D eigenvalue weighted by Gasteiger charge is 2.11. The molecule has 3 nitrogen and oxygen atoms in total. The molecule has 0 aromatic heterocycles. The summed E-state index contributed by atoms with van der Waals surface area (Å²) in [5.74, 6) is -0.940. The predicted octanol–water partition coefficient (Wildman–Crippen LogP) is 2.83. The molecule has 0 saturated carbocycles. The Kier molecular flexibility index (Phi) is 3.40. The van der Waals surface area contributed by atoms with E-state index in [0.29, 0.717) is 6.61 Å². The predicted molar refractivity (Wildman–Crippen MR) is 65.8 cm³/mol. The Morgan fingerprint density at radius 3 is 2.71 bits per heavy atom. The summed E-state index contributed by atoms with van der Waals surface area (Å²) in [7, 11) is 0. The van der Waals surface area contributed by atoms with E-state index in [1.165, 1.54) is 6.92 Å². The van der Waals surface area contributed by atoms with E-state index in [0.717, 1.165) is 16.3 Å². The van der Waals surface area contributed by atoms with Crippen molar-refractivity contribution in [1.82, 2.24) is 0 Å². The molecule has 3 heteroatoms. The molecule has 0 unspecified atom stereocenters. The summed E-state index contributed by atoms with van der Waals surface area (Å²) >= 11 is 0. The summed E-state index contributed by atoms with van der Waals surface area (Å²) in [4.78, 5) is 10.7. The van der Waals surface area contributed by atoms with Gasteiger partial charge in [0.1, 0.15) is 0 Å². The average Bonchev–Trinajstić information content (AvgIpc) is 2.35. The zero-order chi connectivity index (χ0) is 12.3. The lowest BCUT2D eigenvalue weighted by molar-refractivity contribution is -0.149. The van der Waals surface area contributed by atoms with Crippen LogP contribution in [0.15, 0.2) is 42.5 Å². The number of ether oxygens (including phenoxy) is 1. The van der Waals surface area contributed by atoms with Gasteiger partial charge in [-0.25, -0.2) is 4.79 Å². The fraction of sp³-hybridized carbons (Fsp3) is 0.214. The third-order valence-corrected chi connectivity index (χ3v) is 2.72. The number of hydrogen-bond donors (Lipinski definition) is 1. The van der Waals surface area contributed by atoms with E-state index in [1.54, 1.807) is 0 Å². The van der Waals surface area contributed by atoms with E-state index in [2.05, 4.69) is 0 Å². The molecule has 17 heavy (non-hydrogen) atoms. The van der Waals surface area contributed by atoms with Crippen LogP contribution in [0.5, 0.6) is 0 Å². The standard InChI is InChI=1S/C14H14O3/c1-10(14(15)16)17-9-12-7-4-6-11-5-2-3-8-13(11)12/h2-8,10H,9H2,1H3,(H,15,16)/t10-/m1/s1. The molecule has 0 spiro atoms. The number of aliphatic carboxylic acids is 1. The van der Waals surface area contributed by atoms with Crippen molar-refractivity contribution < 1.29 is 14.6 Å². The summed E-state index contributed by atoms with van der Waals surface area (Å²) in [6, 6.07) is 13.9. The number of rotatable bonds is 4. The van der Waals surface area contributed by atoms with Crippen molar-refractivity contribution in [3.8, 4) is 0 Å². The first kappa shape index (κ1) is 11.6.